The molecule has 2 rings (SSSR count). The molecule has 0 aliphatic heterocycles. The minimum absolute atomic E-state index is 0.0536. The van der Waals surface area contributed by atoms with Crippen molar-refractivity contribution in [1.29, 1.82) is 0 Å². The third-order valence-corrected chi connectivity index (χ3v) is 6.67. The van der Waals surface area contributed by atoms with Crippen LogP contribution < -0.4 is 11.1 Å². The molecule has 1 saturated carbocycles. The summed E-state index contributed by atoms with van der Waals surface area (Å²) in [4.78, 5) is 0.0834. The van der Waals surface area contributed by atoms with Gasteiger partial charge >= 0.3 is 0 Å². The molecule has 0 radical (unpaired) electrons. The number of nitrogen functional groups attached to an aromatic ring is 1. The molecule has 9 heteroatoms. The molecule has 0 amide bonds. The van der Waals surface area contributed by atoms with Gasteiger partial charge in [-0.05, 0) is 36.2 Å². The second kappa shape index (κ2) is 6.07. The summed E-state index contributed by atoms with van der Waals surface area (Å²) in [5.41, 5.74) is 5.95. The van der Waals surface area contributed by atoms with Gasteiger partial charge in [0.25, 0.3) is 0 Å². The van der Waals surface area contributed by atoms with Crippen molar-refractivity contribution < 1.29 is 13.2 Å². The van der Waals surface area contributed by atoms with E-state index in [0.717, 1.165) is 41.7 Å². The fourth-order valence-electron chi connectivity index (χ4n) is 2.12. The van der Waals surface area contributed by atoms with Crippen LogP contribution in [0.5, 0.6) is 0 Å². The predicted molar refractivity (Wildman–Crippen MR) is 84.0 cm³/mol. The Hall–Kier alpha value is -0.900. The Bertz CT molecular complexity index is 594. The number of sulfonamides is 1. The number of hydrogen-bond acceptors (Lipinski definition) is 7. The zero-order valence-corrected chi connectivity index (χ0v) is 14.2. The van der Waals surface area contributed by atoms with Crippen LogP contribution >= 0.6 is 11.5 Å². The summed E-state index contributed by atoms with van der Waals surface area (Å²) in [6.07, 6.45) is 3.24. The number of anilines is 2. The van der Waals surface area contributed by atoms with Gasteiger partial charge in [-0.2, -0.15) is 4.37 Å². The molecule has 0 aromatic carbocycles. The molecule has 0 unspecified atom stereocenters. The maximum absolute atomic E-state index is 12.3. The van der Waals surface area contributed by atoms with Gasteiger partial charge in [-0.25, -0.2) is 12.7 Å². The third-order valence-electron chi connectivity index (χ3n) is 3.83. The Kier molecular flexibility index (Phi) is 4.76. The van der Waals surface area contributed by atoms with Gasteiger partial charge in [0.1, 0.15) is 5.00 Å². The van der Waals surface area contributed by atoms with Crippen molar-refractivity contribution in [2.45, 2.75) is 24.2 Å². The lowest BCUT2D eigenvalue weighted by molar-refractivity contribution is 0.175. The van der Waals surface area contributed by atoms with E-state index in [1.54, 1.807) is 7.11 Å². The molecule has 1 fully saturated rings. The van der Waals surface area contributed by atoms with Crippen LogP contribution in [0.4, 0.5) is 10.8 Å². The normalized spacial score (nSPS) is 17.1. The smallest absolute Gasteiger partial charge is 0.249 e. The first-order valence-electron chi connectivity index (χ1n) is 6.73. The Morgan fingerprint density at radius 2 is 2.14 bits per heavy atom. The highest BCUT2D eigenvalue weighted by Crippen LogP contribution is 2.49. The van der Waals surface area contributed by atoms with E-state index in [0.29, 0.717) is 11.5 Å². The van der Waals surface area contributed by atoms with Crippen molar-refractivity contribution in [3.05, 3.63) is 0 Å². The van der Waals surface area contributed by atoms with Crippen LogP contribution in [0, 0.1) is 5.41 Å². The van der Waals surface area contributed by atoms with Crippen LogP contribution in [0.1, 0.15) is 19.3 Å². The minimum atomic E-state index is -3.59. The first-order chi connectivity index (χ1) is 9.82. The number of nitrogens with one attached hydrogen (secondary N) is 1. The van der Waals surface area contributed by atoms with Crippen molar-refractivity contribution in [2.75, 3.05) is 45.4 Å². The third kappa shape index (κ3) is 3.47. The highest BCUT2D eigenvalue weighted by molar-refractivity contribution is 7.89. The molecular weight excluding hydrogens is 312 g/mol. The van der Waals surface area contributed by atoms with Crippen molar-refractivity contribution in [2.24, 2.45) is 5.41 Å². The van der Waals surface area contributed by atoms with Crippen LogP contribution in [0.25, 0.3) is 0 Å². The Balaban J connectivity index is 2.12. The molecule has 0 saturated heterocycles. The molecular formula is C12H22N4O3S2. The average Bonchev–Trinajstić information content (AvgIpc) is 3.10. The van der Waals surface area contributed by atoms with Gasteiger partial charge < -0.3 is 15.8 Å². The summed E-state index contributed by atoms with van der Waals surface area (Å²) in [6, 6.07) is 0. The van der Waals surface area contributed by atoms with Gasteiger partial charge in [-0.15, -0.1) is 0 Å². The Labute approximate surface area is 129 Å². The summed E-state index contributed by atoms with van der Waals surface area (Å²) >= 11 is 1.09. The van der Waals surface area contributed by atoms with Gasteiger partial charge in [0.2, 0.25) is 10.0 Å². The summed E-state index contributed by atoms with van der Waals surface area (Å²) in [5.74, 6) is 0.0536. The quantitative estimate of drug-likeness (QED) is 0.741. The first-order valence-corrected chi connectivity index (χ1v) is 8.94. The van der Waals surface area contributed by atoms with E-state index in [1.807, 2.05) is 0 Å². The molecule has 1 aliphatic rings. The number of ether oxygens (including phenoxy) is 1. The lowest BCUT2D eigenvalue weighted by Crippen LogP contribution is -2.24. The topological polar surface area (TPSA) is 97.5 Å². The molecule has 1 heterocycles. The monoisotopic (exact) mass is 334 g/mol. The van der Waals surface area contributed by atoms with E-state index in [-0.39, 0.29) is 16.1 Å². The molecule has 7 nitrogen and oxygen atoms in total. The fourth-order valence-corrected chi connectivity index (χ4v) is 4.19. The molecule has 0 spiro atoms. The molecule has 120 valence electrons. The highest BCUT2D eigenvalue weighted by atomic mass is 32.2. The number of nitrogens with two attached hydrogens (primary N) is 1. The lowest BCUT2D eigenvalue weighted by atomic mass is 10.0. The number of rotatable bonds is 8. The fraction of sp³-hybridized carbons (Fsp3) is 0.750. The summed E-state index contributed by atoms with van der Waals surface area (Å²) in [7, 11) is 1.07. The summed E-state index contributed by atoms with van der Waals surface area (Å²) in [6.45, 7) is 1.43. The molecule has 21 heavy (non-hydrogen) atoms. The standard InChI is InChI=1S/C12H22N4O3S2/c1-16(2)21(17,18)9-10(13)15-20-11(9)14-8-12(4-5-12)6-7-19-3/h14H,4-8H2,1-3H3,(H2,13,15). The second-order valence-electron chi connectivity index (χ2n) is 5.61. The van der Waals surface area contributed by atoms with Crippen LogP contribution in [-0.4, -0.2) is 51.5 Å². The average molecular weight is 334 g/mol. The Morgan fingerprint density at radius 3 is 2.67 bits per heavy atom. The maximum Gasteiger partial charge on any atom is 0.249 e. The van der Waals surface area contributed by atoms with Crippen molar-refractivity contribution in [1.82, 2.24) is 8.68 Å². The van der Waals surface area contributed by atoms with Gasteiger partial charge in [0.05, 0.1) is 0 Å². The molecule has 1 aromatic heterocycles. The largest absolute Gasteiger partial charge is 0.385 e. The first kappa shape index (κ1) is 16.5. The molecule has 1 aromatic rings. The second-order valence-corrected chi connectivity index (χ2v) is 8.47. The van der Waals surface area contributed by atoms with E-state index in [2.05, 4.69) is 9.69 Å². The van der Waals surface area contributed by atoms with Crippen LogP contribution in [0.2, 0.25) is 0 Å². The van der Waals surface area contributed by atoms with Crippen molar-refractivity contribution in [3.63, 3.8) is 0 Å². The zero-order chi connectivity index (χ0) is 15.7. The van der Waals surface area contributed by atoms with E-state index in [4.69, 9.17) is 10.5 Å². The predicted octanol–water partition coefficient (Wildman–Crippen LogP) is 1.20. The maximum atomic E-state index is 12.3. The number of aromatic nitrogens is 1. The SMILES string of the molecule is COCCC1(CNc2snc(N)c2S(=O)(=O)N(C)C)CC1. The highest BCUT2D eigenvalue weighted by Gasteiger charge is 2.42. The molecule has 3 N–H and O–H groups in total. The summed E-state index contributed by atoms with van der Waals surface area (Å²) in [5, 5.41) is 3.74. The molecule has 1 aliphatic carbocycles. The number of hydrogen-bond donors (Lipinski definition) is 2. The minimum Gasteiger partial charge on any atom is -0.385 e. The van der Waals surface area contributed by atoms with Crippen LogP contribution in [0.3, 0.4) is 0 Å². The number of nitrogens with zero attached hydrogens (tertiary/aromatic N) is 2. The number of methoxy groups -OCH3 is 1. The zero-order valence-electron chi connectivity index (χ0n) is 12.5. The van der Waals surface area contributed by atoms with E-state index in [9.17, 15) is 8.42 Å². The Morgan fingerprint density at radius 1 is 1.48 bits per heavy atom. The molecule has 0 atom stereocenters. The van der Waals surface area contributed by atoms with Gasteiger partial charge in [0, 0.05) is 34.4 Å². The van der Waals surface area contributed by atoms with E-state index >= 15 is 0 Å². The molecule has 0 bridgehead atoms. The lowest BCUT2D eigenvalue weighted by Gasteiger charge is -2.17. The van der Waals surface area contributed by atoms with Crippen LogP contribution in [-0.2, 0) is 14.8 Å². The van der Waals surface area contributed by atoms with Crippen molar-refractivity contribution >= 4 is 32.4 Å². The van der Waals surface area contributed by atoms with Gasteiger partial charge in [-0.3, -0.25) is 0 Å². The van der Waals surface area contributed by atoms with Gasteiger partial charge in [0.15, 0.2) is 10.7 Å². The van der Waals surface area contributed by atoms with Crippen molar-refractivity contribution in [3.8, 4) is 0 Å². The van der Waals surface area contributed by atoms with E-state index in [1.165, 1.54) is 14.1 Å². The van der Waals surface area contributed by atoms with Crippen LogP contribution in [0.15, 0.2) is 4.90 Å². The van der Waals surface area contributed by atoms with E-state index < -0.39 is 10.0 Å². The van der Waals surface area contributed by atoms with Gasteiger partial charge in [-0.1, -0.05) is 0 Å². The summed E-state index contributed by atoms with van der Waals surface area (Å²) < 4.78 is 34.8.